The molecule has 2 heterocycles. The van der Waals surface area contributed by atoms with Gasteiger partial charge in [-0.1, -0.05) is 78.9 Å². The normalized spacial score (nSPS) is 13.1. The summed E-state index contributed by atoms with van der Waals surface area (Å²) in [7, 11) is 1.99. The van der Waals surface area contributed by atoms with Gasteiger partial charge in [-0.25, -0.2) is 4.98 Å². The molecule has 4 nitrogen and oxygen atoms in total. The van der Waals surface area contributed by atoms with Crippen molar-refractivity contribution in [3.8, 4) is 22.5 Å². The topological polar surface area (TPSA) is 52.0 Å². The van der Waals surface area contributed by atoms with E-state index < -0.39 is 0 Å². The molecule has 1 aliphatic carbocycles. The lowest BCUT2D eigenvalue weighted by molar-refractivity contribution is 0.0990. The zero-order valence-corrected chi connectivity index (χ0v) is 20.8. The van der Waals surface area contributed by atoms with E-state index >= 15 is 0 Å². The molecule has 0 spiro atoms. The Hall–Kier alpha value is -4.61. The number of nitrogens with zero attached hydrogens (tertiary/aromatic N) is 2. The van der Waals surface area contributed by atoms with E-state index in [4.69, 9.17) is 4.98 Å². The summed E-state index contributed by atoms with van der Waals surface area (Å²) in [5, 5.41) is 1.91. The van der Waals surface area contributed by atoms with E-state index in [1.165, 1.54) is 16.9 Å². The second-order valence-corrected chi connectivity index (χ2v) is 10.3. The zero-order chi connectivity index (χ0) is 25.1. The Kier molecular flexibility index (Phi) is 4.81. The largest absolute Gasteiger partial charge is 0.326 e. The number of carbonyl (C=O) groups excluding carboxylic acids is 2. The van der Waals surface area contributed by atoms with Gasteiger partial charge in [0, 0.05) is 28.6 Å². The quantitative estimate of drug-likeness (QED) is 0.187. The summed E-state index contributed by atoms with van der Waals surface area (Å²) in [6, 6.07) is 32.1. The van der Waals surface area contributed by atoms with Crippen molar-refractivity contribution in [2.45, 2.75) is 0 Å². The SMILES string of the molecule is Cn1c(-c2ccc(-c3ccccc3)cc2)nc2sc(C=C3C(=O)c4cc5ccccc5cc4C3=O)cc21. The fourth-order valence-corrected chi connectivity index (χ4v) is 6.05. The van der Waals surface area contributed by atoms with Crippen LogP contribution in [0, 0.1) is 0 Å². The number of allylic oxidation sites excluding steroid dienone is 1. The predicted molar refractivity (Wildman–Crippen MR) is 150 cm³/mol. The molecule has 0 bridgehead atoms. The van der Waals surface area contributed by atoms with Gasteiger partial charge in [0.1, 0.15) is 10.7 Å². The summed E-state index contributed by atoms with van der Waals surface area (Å²) in [6.45, 7) is 0. The number of benzene rings is 4. The third-order valence-electron chi connectivity index (χ3n) is 7.00. The Morgan fingerprint density at radius 3 is 1.89 bits per heavy atom. The number of rotatable bonds is 3. The van der Waals surface area contributed by atoms with E-state index in [0.717, 1.165) is 42.9 Å². The number of imidazole rings is 1. The summed E-state index contributed by atoms with van der Waals surface area (Å²) < 4.78 is 2.06. The van der Waals surface area contributed by atoms with Crippen LogP contribution in [0.5, 0.6) is 0 Å². The minimum atomic E-state index is -0.213. The molecular weight excluding hydrogens is 476 g/mol. The molecule has 4 aromatic carbocycles. The number of thiophene rings is 1. The van der Waals surface area contributed by atoms with Crippen LogP contribution in [0.15, 0.2) is 103 Å². The standard InChI is InChI=1S/C32H20N2O2S/c1-34-28-18-24(17-27-29(35)25-15-22-9-5-6-10-23(22)16-26(25)30(27)36)37-32(28)33-31(34)21-13-11-20(12-14-21)19-7-3-2-4-8-19/h2-18H,1H3. The summed E-state index contributed by atoms with van der Waals surface area (Å²) >= 11 is 1.49. The van der Waals surface area contributed by atoms with Gasteiger partial charge in [-0.2, -0.15) is 0 Å². The Bertz CT molecular complexity index is 1850. The van der Waals surface area contributed by atoms with Gasteiger partial charge < -0.3 is 4.57 Å². The molecule has 0 unspecified atom stereocenters. The minimum absolute atomic E-state index is 0.213. The number of aromatic nitrogens is 2. The van der Waals surface area contributed by atoms with Gasteiger partial charge in [-0.15, -0.1) is 11.3 Å². The number of Topliss-reactive ketones (excluding diaryl/α,β-unsaturated/α-hetero) is 2. The Labute approximate surface area is 217 Å². The first-order chi connectivity index (χ1) is 18.1. The maximum absolute atomic E-state index is 13.1. The first-order valence-corrected chi connectivity index (χ1v) is 12.8. The van der Waals surface area contributed by atoms with E-state index in [0.29, 0.717) is 11.1 Å². The molecule has 2 aromatic heterocycles. The second kappa shape index (κ2) is 8.22. The van der Waals surface area contributed by atoms with Gasteiger partial charge in [0.15, 0.2) is 11.6 Å². The number of carbonyl (C=O) groups is 2. The van der Waals surface area contributed by atoms with Gasteiger partial charge in [0.05, 0.1) is 11.1 Å². The lowest BCUT2D eigenvalue weighted by Gasteiger charge is -2.05. The minimum Gasteiger partial charge on any atom is -0.326 e. The van der Waals surface area contributed by atoms with Crippen molar-refractivity contribution < 1.29 is 9.59 Å². The fraction of sp³-hybridized carbons (Fsp3) is 0.0312. The average molecular weight is 497 g/mol. The first-order valence-electron chi connectivity index (χ1n) is 12.0. The Morgan fingerprint density at radius 1 is 0.703 bits per heavy atom. The van der Waals surface area contributed by atoms with Crippen LogP contribution < -0.4 is 0 Å². The molecule has 0 amide bonds. The van der Waals surface area contributed by atoms with Gasteiger partial charge in [-0.05, 0) is 46.2 Å². The molecule has 0 saturated heterocycles. The van der Waals surface area contributed by atoms with E-state index in [2.05, 4.69) is 41.0 Å². The number of hydrogen-bond acceptors (Lipinski definition) is 4. The highest BCUT2D eigenvalue weighted by Crippen LogP contribution is 2.35. The van der Waals surface area contributed by atoms with Crippen LogP contribution >= 0.6 is 11.3 Å². The van der Waals surface area contributed by atoms with Crippen molar-refractivity contribution in [3.63, 3.8) is 0 Å². The van der Waals surface area contributed by atoms with E-state index in [9.17, 15) is 9.59 Å². The molecule has 37 heavy (non-hydrogen) atoms. The van der Waals surface area contributed by atoms with Crippen molar-refractivity contribution in [1.82, 2.24) is 9.55 Å². The number of hydrogen-bond donors (Lipinski definition) is 0. The van der Waals surface area contributed by atoms with Crippen LogP contribution in [-0.4, -0.2) is 21.1 Å². The first kappa shape index (κ1) is 21.7. The highest BCUT2D eigenvalue weighted by Gasteiger charge is 2.33. The molecule has 176 valence electrons. The highest BCUT2D eigenvalue weighted by molar-refractivity contribution is 7.19. The molecule has 6 aromatic rings. The molecular formula is C32H20N2O2S. The van der Waals surface area contributed by atoms with Gasteiger partial charge in [0.2, 0.25) is 0 Å². The smallest absolute Gasteiger partial charge is 0.197 e. The third kappa shape index (κ3) is 3.47. The van der Waals surface area contributed by atoms with Crippen LogP contribution in [0.1, 0.15) is 25.6 Å². The zero-order valence-electron chi connectivity index (χ0n) is 19.9. The van der Waals surface area contributed by atoms with Crippen molar-refractivity contribution in [2.75, 3.05) is 0 Å². The fourth-order valence-electron chi connectivity index (χ4n) is 5.05. The van der Waals surface area contributed by atoms with Crippen LogP contribution in [0.3, 0.4) is 0 Å². The van der Waals surface area contributed by atoms with Gasteiger partial charge in [0.25, 0.3) is 0 Å². The predicted octanol–water partition coefficient (Wildman–Crippen LogP) is 7.58. The number of aryl methyl sites for hydroxylation is 1. The molecule has 0 aliphatic heterocycles. The number of fused-ring (bicyclic) bond motifs is 3. The lowest BCUT2D eigenvalue weighted by Crippen LogP contribution is -1.99. The van der Waals surface area contributed by atoms with Crippen LogP contribution in [-0.2, 0) is 7.05 Å². The Balaban J connectivity index is 1.22. The summed E-state index contributed by atoms with van der Waals surface area (Å²) in [5.41, 5.74) is 5.53. The molecule has 0 atom stereocenters. The van der Waals surface area contributed by atoms with Crippen molar-refractivity contribution in [3.05, 3.63) is 119 Å². The van der Waals surface area contributed by atoms with Gasteiger partial charge >= 0.3 is 0 Å². The number of ketones is 2. The highest BCUT2D eigenvalue weighted by atomic mass is 32.1. The Morgan fingerprint density at radius 2 is 1.27 bits per heavy atom. The average Bonchev–Trinajstić information content (AvgIpc) is 3.55. The second-order valence-electron chi connectivity index (χ2n) is 9.24. The molecule has 0 radical (unpaired) electrons. The lowest BCUT2D eigenvalue weighted by atomic mass is 10.0. The summed E-state index contributed by atoms with van der Waals surface area (Å²) in [6.07, 6.45) is 1.72. The molecule has 1 aliphatic rings. The molecule has 7 rings (SSSR count). The van der Waals surface area contributed by atoms with Crippen LogP contribution in [0.2, 0.25) is 0 Å². The molecule has 0 fully saturated rings. The van der Waals surface area contributed by atoms with Crippen LogP contribution in [0.4, 0.5) is 0 Å². The molecule has 0 saturated carbocycles. The van der Waals surface area contributed by atoms with E-state index in [1.54, 1.807) is 6.08 Å². The molecule has 0 N–H and O–H groups in total. The maximum Gasteiger partial charge on any atom is 0.197 e. The molecule has 5 heteroatoms. The van der Waals surface area contributed by atoms with Crippen molar-refractivity contribution >= 4 is 50.1 Å². The van der Waals surface area contributed by atoms with Crippen molar-refractivity contribution in [2.24, 2.45) is 7.05 Å². The summed E-state index contributed by atoms with van der Waals surface area (Å²) in [4.78, 5) is 32.9. The van der Waals surface area contributed by atoms with E-state index in [1.807, 2.05) is 67.7 Å². The third-order valence-corrected chi connectivity index (χ3v) is 7.97. The van der Waals surface area contributed by atoms with Crippen molar-refractivity contribution in [1.29, 1.82) is 0 Å². The summed E-state index contributed by atoms with van der Waals surface area (Å²) in [5.74, 6) is 0.456. The van der Waals surface area contributed by atoms with Crippen LogP contribution in [0.25, 0.3) is 49.7 Å². The monoisotopic (exact) mass is 496 g/mol. The maximum atomic E-state index is 13.1. The van der Waals surface area contributed by atoms with E-state index in [-0.39, 0.29) is 17.1 Å². The van der Waals surface area contributed by atoms with Gasteiger partial charge in [-0.3, -0.25) is 9.59 Å².